The molecular weight excluding hydrogens is 494 g/mol. The molecule has 2 rings (SSSR count). The van der Waals surface area contributed by atoms with Crippen LogP contribution in [0.25, 0.3) is 0 Å². The van der Waals surface area contributed by atoms with Gasteiger partial charge in [-0.05, 0) is 101 Å². The summed E-state index contributed by atoms with van der Waals surface area (Å²) in [5.41, 5.74) is 0. The van der Waals surface area contributed by atoms with E-state index in [0.29, 0.717) is 5.75 Å². The Balaban J connectivity index is 0.000000211. The van der Waals surface area contributed by atoms with Crippen molar-refractivity contribution in [2.24, 2.45) is 0 Å². The van der Waals surface area contributed by atoms with Crippen molar-refractivity contribution in [2.75, 3.05) is 6.61 Å². The van der Waals surface area contributed by atoms with Gasteiger partial charge in [-0.2, -0.15) is 0 Å². The molecule has 0 heterocycles. The van der Waals surface area contributed by atoms with Crippen LogP contribution in [0.5, 0.6) is 11.5 Å². The van der Waals surface area contributed by atoms with Crippen LogP contribution in [0.15, 0.2) is 48.5 Å². The average molecular weight is 510 g/mol. The molecule has 0 radical (unpaired) electrons. The third-order valence-electron chi connectivity index (χ3n) is 2.20. The molecule has 0 spiro atoms. The maximum atomic E-state index is 10.5. The van der Waals surface area contributed by atoms with Gasteiger partial charge in [-0.15, -0.1) is 0 Å². The highest BCUT2D eigenvalue weighted by atomic mass is 127. The first-order valence-electron chi connectivity index (χ1n) is 6.33. The number of esters is 1. The van der Waals surface area contributed by atoms with Crippen LogP contribution in [0.4, 0.5) is 0 Å². The summed E-state index contributed by atoms with van der Waals surface area (Å²) in [5, 5.41) is 0. The molecule has 0 aliphatic carbocycles. The fraction of sp³-hybridized carbons (Fsp3) is 0.188. The first kappa shape index (κ1) is 18.2. The van der Waals surface area contributed by atoms with Crippen molar-refractivity contribution in [3.05, 3.63) is 55.7 Å². The lowest BCUT2D eigenvalue weighted by Crippen LogP contribution is -2.00. The lowest BCUT2D eigenvalue weighted by atomic mass is 10.3. The summed E-state index contributed by atoms with van der Waals surface area (Å²) in [4.78, 5) is 10.5. The Morgan fingerprint density at radius 3 is 1.71 bits per heavy atom. The third kappa shape index (κ3) is 8.25. The standard InChI is InChI=1S/C8H7IO2.C8H9IO/c1-6(10)11-8-4-2-7(9)3-5-8;1-2-10-8-5-3-7(9)4-6-8/h2-5H,1H3;3-6H,2H2,1H3. The quantitative estimate of drug-likeness (QED) is 0.335. The van der Waals surface area contributed by atoms with Crippen LogP contribution in [0.2, 0.25) is 0 Å². The van der Waals surface area contributed by atoms with E-state index in [4.69, 9.17) is 9.47 Å². The van der Waals surface area contributed by atoms with E-state index in [1.54, 1.807) is 12.1 Å². The number of benzene rings is 2. The summed E-state index contributed by atoms with van der Waals surface area (Å²) < 4.78 is 12.4. The van der Waals surface area contributed by atoms with Gasteiger partial charge in [0.2, 0.25) is 0 Å². The molecule has 21 heavy (non-hydrogen) atoms. The van der Waals surface area contributed by atoms with E-state index in [-0.39, 0.29) is 5.97 Å². The highest BCUT2D eigenvalue weighted by molar-refractivity contribution is 14.1. The smallest absolute Gasteiger partial charge is 0.308 e. The van der Waals surface area contributed by atoms with Crippen molar-refractivity contribution in [1.29, 1.82) is 0 Å². The zero-order valence-corrected chi connectivity index (χ0v) is 16.1. The summed E-state index contributed by atoms with van der Waals surface area (Å²) in [5.74, 6) is 1.26. The van der Waals surface area contributed by atoms with Gasteiger partial charge in [-0.3, -0.25) is 4.79 Å². The average Bonchev–Trinajstić information content (AvgIpc) is 2.44. The van der Waals surface area contributed by atoms with Gasteiger partial charge in [0.15, 0.2) is 0 Å². The van der Waals surface area contributed by atoms with E-state index in [9.17, 15) is 4.79 Å². The number of hydrogen-bond donors (Lipinski definition) is 0. The molecule has 0 fully saturated rings. The summed E-state index contributed by atoms with van der Waals surface area (Å²) >= 11 is 4.46. The molecule has 0 N–H and O–H groups in total. The number of carbonyl (C=O) groups is 1. The van der Waals surface area contributed by atoms with Gasteiger partial charge < -0.3 is 9.47 Å². The number of hydrogen-bond acceptors (Lipinski definition) is 3. The molecule has 0 aliphatic rings. The van der Waals surface area contributed by atoms with Gasteiger partial charge in [0.25, 0.3) is 0 Å². The molecule has 0 unspecified atom stereocenters. The predicted molar refractivity (Wildman–Crippen MR) is 101 cm³/mol. The molecule has 0 amide bonds. The molecule has 0 bridgehead atoms. The maximum absolute atomic E-state index is 10.5. The lowest BCUT2D eigenvalue weighted by Gasteiger charge is -2.00. The lowest BCUT2D eigenvalue weighted by molar-refractivity contribution is -0.131. The fourth-order valence-electron chi connectivity index (χ4n) is 1.37. The second kappa shape index (κ2) is 9.99. The Morgan fingerprint density at radius 2 is 1.33 bits per heavy atom. The van der Waals surface area contributed by atoms with E-state index in [1.165, 1.54) is 10.5 Å². The molecular formula is C16H16I2O3. The minimum atomic E-state index is -0.286. The SMILES string of the molecule is CC(=O)Oc1ccc(I)cc1.CCOc1ccc(I)cc1. The van der Waals surface area contributed by atoms with Gasteiger partial charge in [-0.1, -0.05) is 0 Å². The minimum Gasteiger partial charge on any atom is -0.494 e. The van der Waals surface area contributed by atoms with E-state index >= 15 is 0 Å². The largest absolute Gasteiger partial charge is 0.494 e. The number of halogens is 2. The third-order valence-corrected chi connectivity index (χ3v) is 3.64. The molecule has 0 saturated carbocycles. The molecule has 2 aromatic rings. The van der Waals surface area contributed by atoms with Crippen LogP contribution in [0, 0.1) is 7.14 Å². The van der Waals surface area contributed by atoms with Crippen LogP contribution in [0.3, 0.4) is 0 Å². The van der Waals surface area contributed by atoms with E-state index in [1.807, 2.05) is 43.3 Å². The monoisotopic (exact) mass is 510 g/mol. The van der Waals surface area contributed by atoms with Crippen molar-refractivity contribution in [3.8, 4) is 11.5 Å². The van der Waals surface area contributed by atoms with E-state index < -0.39 is 0 Å². The molecule has 3 nitrogen and oxygen atoms in total. The molecule has 112 valence electrons. The Kier molecular flexibility index (Phi) is 8.67. The number of carbonyl (C=O) groups excluding carboxylic acids is 1. The maximum Gasteiger partial charge on any atom is 0.308 e. The van der Waals surface area contributed by atoms with Crippen molar-refractivity contribution in [1.82, 2.24) is 0 Å². The van der Waals surface area contributed by atoms with E-state index in [0.717, 1.165) is 15.9 Å². The molecule has 0 aromatic heterocycles. The summed E-state index contributed by atoms with van der Waals surface area (Å²) in [6.45, 7) is 4.11. The zero-order valence-electron chi connectivity index (χ0n) is 11.8. The first-order chi connectivity index (χ1) is 10.0. The second-order valence-corrected chi connectivity index (χ2v) is 6.43. The summed E-state index contributed by atoms with van der Waals surface area (Å²) in [6, 6.07) is 15.3. The highest BCUT2D eigenvalue weighted by Gasteiger charge is 1.95. The Labute approximate surface area is 152 Å². The van der Waals surface area contributed by atoms with Crippen LogP contribution >= 0.6 is 45.2 Å². The Bertz CT molecular complexity index is 551. The van der Waals surface area contributed by atoms with Crippen molar-refractivity contribution >= 4 is 51.2 Å². The highest BCUT2D eigenvalue weighted by Crippen LogP contribution is 2.13. The van der Waals surface area contributed by atoms with Crippen molar-refractivity contribution in [2.45, 2.75) is 13.8 Å². The van der Waals surface area contributed by atoms with Gasteiger partial charge in [0.1, 0.15) is 11.5 Å². The van der Waals surface area contributed by atoms with Crippen LogP contribution < -0.4 is 9.47 Å². The zero-order chi connectivity index (χ0) is 15.7. The predicted octanol–water partition coefficient (Wildman–Crippen LogP) is 4.91. The van der Waals surface area contributed by atoms with Crippen LogP contribution in [-0.2, 0) is 4.79 Å². The fourth-order valence-corrected chi connectivity index (χ4v) is 2.09. The second-order valence-electron chi connectivity index (χ2n) is 3.93. The molecule has 0 aliphatic heterocycles. The molecule has 2 aromatic carbocycles. The van der Waals surface area contributed by atoms with Crippen molar-refractivity contribution < 1.29 is 14.3 Å². The molecule has 0 saturated heterocycles. The molecule has 5 heteroatoms. The number of rotatable bonds is 3. The molecule has 0 atom stereocenters. The summed E-state index contributed by atoms with van der Waals surface area (Å²) in [7, 11) is 0. The Hall–Kier alpha value is -0.830. The topological polar surface area (TPSA) is 35.5 Å². The normalized spacial score (nSPS) is 9.33. The minimum absolute atomic E-state index is 0.286. The Morgan fingerprint density at radius 1 is 0.905 bits per heavy atom. The van der Waals surface area contributed by atoms with Crippen LogP contribution in [0.1, 0.15) is 13.8 Å². The van der Waals surface area contributed by atoms with Gasteiger partial charge in [-0.25, -0.2) is 0 Å². The van der Waals surface area contributed by atoms with E-state index in [2.05, 4.69) is 45.2 Å². The summed E-state index contributed by atoms with van der Waals surface area (Å²) in [6.07, 6.45) is 0. The van der Waals surface area contributed by atoms with Gasteiger partial charge in [0.05, 0.1) is 6.61 Å². The van der Waals surface area contributed by atoms with Crippen molar-refractivity contribution in [3.63, 3.8) is 0 Å². The number of ether oxygens (including phenoxy) is 2. The van der Waals surface area contributed by atoms with Crippen LogP contribution in [-0.4, -0.2) is 12.6 Å². The first-order valence-corrected chi connectivity index (χ1v) is 8.49. The van der Waals surface area contributed by atoms with Gasteiger partial charge >= 0.3 is 5.97 Å². The van der Waals surface area contributed by atoms with Gasteiger partial charge in [0, 0.05) is 14.1 Å².